The Morgan fingerprint density at radius 1 is 1.30 bits per heavy atom. The molecule has 1 N–H and O–H groups in total. The van der Waals surface area contributed by atoms with E-state index in [2.05, 4.69) is 21.8 Å². The van der Waals surface area contributed by atoms with Crippen molar-refractivity contribution in [2.75, 3.05) is 31.2 Å². The summed E-state index contributed by atoms with van der Waals surface area (Å²) in [5.74, 6) is -1.33. The van der Waals surface area contributed by atoms with E-state index in [1.165, 1.54) is 6.20 Å². The van der Waals surface area contributed by atoms with Crippen molar-refractivity contribution < 1.29 is 13.5 Å². The number of hydrogen-bond donors (Lipinski definition) is 1. The molecule has 0 aliphatic carbocycles. The predicted octanol–water partition coefficient (Wildman–Crippen LogP) is 4.42. The van der Waals surface area contributed by atoms with Crippen molar-refractivity contribution >= 4 is 38.4 Å². The minimum Gasteiger partial charge on any atom is -0.377 e. The van der Waals surface area contributed by atoms with E-state index in [0.29, 0.717) is 25.6 Å². The van der Waals surface area contributed by atoms with Crippen molar-refractivity contribution in [1.29, 1.82) is 0 Å². The molecule has 1 atom stereocenters. The van der Waals surface area contributed by atoms with Gasteiger partial charge in [-0.2, -0.15) is 8.78 Å². The minimum atomic E-state index is -2.79. The fourth-order valence-corrected chi connectivity index (χ4v) is 5.50. The van der Waals surface area contributed by atoms with E-state index < -0.39 is 5.92 Å². The number of thiophene rings is 1. The molecule has 2 aliphatic heterocycles. The van der Waals surface area contributed by atoms with Crippen LogP contribution in [0.25, 0.3) is 32.6 Å². The summed E-state index contributed by atoms with van der Waals surface area (Å²) in [6.45, 7) is 4.17. The average molecular weight is 469 g/mol. The summed E-state index contributed by atoms with van der Waals surface area (Å²) in [6.07, 6.45) is 6.02. The molecule has 0 spiro atoms. The lowest BCUT2D eigenvalue weighted by atomic mass is 10.1. The number of hydrogen-bond acceptors (Lipinski definition) is 7. The number of morpholine rings is 1. The quantitative estimate of drug-likeness (QED) is 0.478. The van der Waals surface area contributed by atoms with Crippen LogP contribution in [0.15, 0.2) is 42.2 Å². The first-order chi connectivity index (χ1) is 16.0. The highest BCUT2D eigenvalue weighted by atomic mass is 32.1. The lowest BCUT2D eigenvalue weighted by molar-refractivity contribution is 0.0432. The third-order valence-corrected chi connectivity index (χ3v) is 7.14. The van der Waals surface area contributed by atoms with Crippen molar-refractivity contribution in [3.63, 3.8) is 0 Å². The highest BCUT2D eigenvalue weighted by Crippen LogP contribution is 2.37. The molecular weight excluding hydrogens is 446 g/mol. The zero-order valence-electron chi connectivity index (χ0n) is 18.0. The van der Waals surface area contributed by atoms with Gasteiger partial charge in [-0.15, -0.1) is 11.3 Å². The zero-order chi connectivity index (χ0) is 22.6. The van der Waals surface area contributed by atoms with Crippen molar-refractivity contribution in [2.24, 2.45) is 0 Å². The second-order valence-corrected chi connectivity index (χ2v) is 9.39. The van der Waals surface area contributed by atoms with Crippen LogP contribution in [-0.4, -0.2) is 63.1 Å². The first-order valence-electron chi connectivity index (χ1n) is 10.8. The molecule has 170 valence electrons. The maximum absolute atomic E-state index is 13.7. The molecule has 1 saturated heterocycles. The molecule has 4 aromatic rings. The smallest absolute Gasteiger partial charge is 0.285 e. The highest BCUT2D eigenvalue weighted by Gasteiger charge is 2.33. The third kappa shape index (κ3) is 3.63. The molecule has 0 aromatic carbocycles. The first kappa shape index (κ1) is 20.5. The van der Waals surface area contributed by atoms with Gasteiger partial charge in [-0.05, 0) is 24.4 Å². The van der Waals surface area contributed by atoms with Crippen molar-refractivity contribution in [1.82, 2.24) is 24.8 Å². The number of nitrogens with zero attached hydrogens (tertiary/aromatic N) is 5. The molecule has 2 aliphatic rings. The third-order valence-electron chi connectivity index (χ3n) is 6.13. The monoisotopic (exact) mass is 468 g/mol. The molecule has 0 bridgehead atoms. The molecule has 6 heterocycles. The van der Waals surface area contributed by atoms with Crippen LogP contribution in [0.2, 0.25) is 0 Å². The van der Waals surface area contributed by atoms with E-state index in [1.54, 1.807) is 22.4 Å². The van der Waals surface area contributed by atoms with Gasteiger partial charge in [0, 0.05) is 54.3 Å². The van der Waals surface area contributed by atoms with Gasteiger partial charge in [0.05, 0.1) is 36.0 Å². The second kappa shape index (κ2) is 7.74. The summed E-state index contributed by atoms with van der Waals surface area (Å²) < 4.78 is 34.0. The number of alkyl halides is 2. The van der Waals surface area contributed by atoms with Crippen LogP contribution >= 0.6 is 11.3 Å². The Morgan fingerprint density at radius 3 is 3.03 bits per heavy atom. The number of anilines is 1. The Balaban J connectivity index is 1.50. The number of nitrogens with one attached hydrogen (secondary N) is 1. The highest BCUT2D eigenvalue weighted by molar-refractivity contribution is 7.18. The van der Waals surface area contributed by atoms with Crippen LogP contribution in [0.5, 0.6) is 0 Å². The van der Waals surface area contributed by atoms with E-state index in [1.807, 2.05) is 23.7 Å². The Bertz CT molecular complexity index is 1370. The molecule has 1 fully saturated rings. The van der Waals surface area contributed by atoms with Crippen molar-refractivity contribution in [3.8, 4) is 11.4 Å². The standard InChI is InChI=1S/C23H22F2N6OS/c1-14-11-32-9-8-31(14)22-19-18(15(12-33-19)10-30-7-4-23(24,25)13-30)28-21(29-22)17-3-6-27-20-16(17)2-5-26-20/h2-7,12,14H,8-11,13H2,1H3,(H,26,27)/t14-/m1/s1. The summed E-state index contributed by atoms with van der Waals surface area (Å²) in [7, 11) is 0. The fraction of sp³-hybridized carbons (Fsp3) is 0.348. The van der Waals surface area contributed by atoms with Crippen LogP contribution in [-0.2, 0) is 11.3 Å². The molecular formula is C23H22F2N6OS. The van der Waals surface area contributed by atoms with Crippen LogP contribution in [0, 0.1) is 0 Å². The van der Waals surface area contributed by atoms with E-state index in [-0.39, 0.29) is 12.6 Å². The molecule has 7 nitrogen and oxygen atoms in total. The molecule has 10 heteroatoms. The number of aromatic amines is 1. The van der Waals surface area contributed by atoms with Crippen molar-refractivity contribution in [3.05, 3.63) is 47.7 Å². The SMILES string of the molecule is C[C@@H]1COCCN1c1nc(-c2ccnc3[nH]ccc23)nc2c(CN3C=CC(F)(F)C3)csc12. The van der Waals surface area contributed by atoms with Gasteiger partial charge in [-0.1, -0.05) is 0 Å². The van der Waals surface area contributed by atoms with E-state index in [0.717, 1.165) is 50.8 Å². The number of pyridine rings is 1. The molecule has 0 radical (unpaired) electrons. The number of fused-ring (bicyclic) bond motifs is 2. The Kier molecular flexibility index (Phi) is 4.81. The van der Waals surface area contributed by atoms with Crippen molar-refractivity contribution in [2.45, 2.75) is 25.4 Å². The van der Waals surface area contributed by atoms with Crippen LogP contribution < -0.4 is 4.90 Å². The molecule has 0 saturated carbocycles. The lowest BCUT2D eigenvalue weighted by Crippen LogP contribution is -2.44. The lowest BCUT2D eigenvalue weighted by Gasteiger charge is -2.34. The molecule has 0 unspecified atom stereocenters. The largest absolute Gasteiger partial charge is 0.377 e. The normalized spacial score (nSPS) is 20.4. The topological polar surface area (TPSA) is 70.2 Å². The van der Waals surface area contributed by atoms with E-state index >= 15 is 0 Å². The van der Waals surface area contributed by atoms with Crippen LogP contribution in [0.1, 0.15) is 12.5 Å². The van der Waals surface area contributed by atoms with E-state index in [9.17, 15) is 8.78 Å². The number of H-pyrrole nitrogens is 1. The first-order valence-corrected chi connectivity index (χ1v) is 11.7. The number of rotatable bonds is 4. The number of aromatic nitrogens is 4. The van der Waals surface area contributed by atoms with Gasteiger partial charge in [0.25, 0.3) is 5.92 Å². The second-order valence-electron chi connectivity index (χ2n) is 8.51. The maximum Gasteiger partial charge on any atom is 0.285 e. The number of halogens is 2. The number of ether oxygens (including phenoxy) is 1. The van der Waals surface area contributed by atoms with E-state index in [4.69, 9.17) is 14.7 Å². The van der Waals surface area contributed by atoms with Crippen LogP contribution in [0.3, 0.4) is 0 Å². The Hall–Kier alpha value is -3.11. The summed E-state index contributed by atoms with van der Waals surface area (Å²) in [5, 5.41) is 2.96. The van der Waals surface area contributed by atoms with Gasteiger partial charge >= 0.3 is 0 Å². The maximum atomic E-state index is 13.7. The Morgan fingerprint density at radius 2 is 2.21 bits per heavy atom. The Labute approximate surface area is 192 Å². The predicted molar refractivity (Wildman–Crippen MR) is 125 cm³/mol. The molecule has 0 amide bonds. The molecule has 6 rings (SSSR count). The van der Waals surface area contributed by atoms with Gasteiger partial charge in [0.15, 0.2) is 11.6 Å². The summed E-state index contributed by atoms with van der Waals surface area (Å²) >= 11 is 1.56. The zero-order valence-corrected chi connectivity index (χ0v) is 18.8. The molecule has 33 heavy (non-hydrogen) atoms. The summed E-state index contributed by atoms with van der Waals surface area (Å²) in [4.78, 5) is 21.4. The summed E-state index contributed by atoms with van der Waals surface area (Å²) in [6, 6.07) is 4.05. The van der Waals surface area contributed by atoms with Gasteiger partial charge in [-0.3, -0.25) is 0 Å². The fourth-order valence-electron chi connectivity index (χ4n) is 4.49. The van der Waals surface area contributed by atoms with Gasteiger partial charge in [0.1, 0.15) is 5.65 Å². The van der Waals surface area contributed by atoms with Gasteiger partial charge in [0.2, 0.25) is 0 Å². The van der Waals surface area contributed by atoms with Crippen LogP contribution in [0.4, 0.5) is 14.6 Å². The average Bonchev–Trinajstić information content (AvgIpc) is 3.52. The molecule has 4 aromatic heterocycles. The van der Waals surface area contributed by atoms with Gasteiger partial charge in [-0.25, -0.2) is 15.0 Å². The minimum absolute atomic E-state index is 0.167. The van der Waals surface area contributed by atoms with Gasteiger partial charge < -0.3 is 19.5 Å². The summed E-state index contributed by atoms with van der Waals surface area (Å²) in [5.41, 5.74) is 3.38.